The van der Waals surface area contributed by atoms with Crippen LogP contribution in [0.3, 0.4) is 0 Å². The zero-order chi connectivity index (χ0) is 13.7. The van der Waals surface area contributed by atoms with Crippen LogP contribution >= 0.6 is 0 Å². The second-order valence-corrected chi connectivity index (χ2v) is 6.10. The minimum absolute atomic E-state index is 0.0924. The number of hydrogen-bond acceptors (Lipinski definition) is 3. The van der Waals surface area contributed by atoms with Crippen molar-refractivity contribution in [1.82, 2.24) is 4.90 Å². The van der Waals surface area contributed by atoms with E-state index in [9.17, 15) is 4.79 Å². The van der Waals surface area contributed by atoms with Gasteiger partial charge in [-0.15, -0.1) is 0 Å². The number of carbonyl (C=O) groups excluding carboxylic acids is 1. The van der Waals surface area contributed by atoms with E-state index in [2.05, 4.69) is 11.9 Å². The average molecular weight is 269 g/mol. The van der Waals surface area contributed by atoms with Gasteiger partial charge in [-0.3, -0.25) is 9.69 Å². The zero-order valence-electron chi connectivity index (χ0n) is 11.7. The van der Waals surface area contributed by atoms with E-state index in [0.717, 1.165) is 29.7 Å². The van der Waals surface area contributed by atoms with Crippen LogP contribution in [-0.4, -0.2) is 29.8 Å². The Bertz CT molecular complexity index is 578. The summed E-state index contributed by atoms with van der Waals surface area (Å²) in [6, 6.07) is 11.0. The number of carbonyl (C=O) groups is 1. The fourth-order valence-corrected chi connectivity index (χ4v) is 3.91. The molecule has 1 saturated heterocycles. The summed E-state index contributed by atoms with van der Waals surface area (Å²) in [5.41, 5.74) is 2.08. The molecule has 3 atom stereocenters. The van der Waals surface area contributed by atoms with Gasteiger partial charge in [-0.05, 0) is 25.5 Å². The van der Waals surface area contributed by atoms with Gasteiger partial charge < -0.3 is 4.74 Å². The standard InChI is InChI=1S/C17H19NO2/c1-18-12-7-8-13(18)17-14(19)10-15(20-16(17)9-12)11-5-3-2-4-6-11/h2-6,12-13,15H,7-10H2,1H3/t12-,13-,15-/m1/s1. The predicted octanol–water partition coefficient (Wildman–Crippen LogP) is 2.84. The van der Waals surface area contributed by atoms with E-state index in [1.54, 1.807) is 0 Å². The third-order valence-corrected chi connectivity index (χ3v) is 5.02. The monoisotopic (exact) mass is 269 g/mol. The Morgan fingerprint density at radius 1 is 1.15 bits per heavy atom. The van der Waals surface area contributed by atoms with Crippen LogP contribution in [0.1, 0.15) is 37.4 Å². The summed E-state index contributed by atoms with van der Waals surface area (Å²) in [5.74, 6) is 1.26. The lowest BCUT2D eigenvalue weighted by Gasteiger charge is -2.38. The maximum Gasteiger partial charge on any atom is 0.167 e. The van der Waals surface area contributed by atoms with Gasteiger partial charge in [0.25, 0.3) is 0 Å². The maximum absolute atomic E-state index is 12.6. The van der Waals surface area contributed by atoms with Crippen LogP contribution in [0.15, 0.2) is 41.7 Å². The number of fused-ring (bicyclic) bond motifs is 3. The number of Topliss-reactive ketones (excluding diaryl/α,β-unsaturated/α-hetero) is 1. The Balaban J connectivity index is 1.68. The molecule has 0 N–H and O–H groups in total. The summed E-state index contributed by atoms with van der Waals surface area (Å²) in [5, 5.41) is 0. The smallest absolute Gasteiger partial charge is 0.167 e. The molecule has 20 heavy (non-hydrogen) atoms. The highest BCUT2D eigenvalue weighted by atomic mass is 16.5. The molecule has 0 spiro atoms. The van der Waals surface area contributed by atoms with Gasteiger partial charge in [0.2, 0.25) is 0 Å². The third-order valence-electron chi connectivity index (χ3n) is 5.02. The molecule has 1 aromatic rings. The van der Waals surface area contributed by atoms with Gasteiger partial charge in [-0.1, -0.05) is 30.3 Å². The molecule has 4 rings (SSSR count). The van der Waals surface area contributed by atoms with Crippen molar-refractivity contribution in [1.29, 1.82) is 0 Å². The third kappa shape index (κ3) is 1.73. The Morgan fingerprint density at radius 3 is 2.75 bits per heavy atom. The Labute approximate surface area is 119 Å². The largest absolute Gasteiger partial charge is 0.489 e. The summed E-state index contributed by atoms with van der Waals surface area (Å²) < 4.78 is 6.21. The highest BCUT2D eigenvalue weighted by molar-refractivity contribution is 5.98. The molecule has 0 aliphatic carbocycles. The lowest BCUT2D eigenvalue weighted by molar-refractivity contribution is -0.121. The molecule has 3 heteroatoms. The average Bonchev–Trinajstić information content (AvgIpc) is 2.72. The molecule has 3 aliphatic heterocycles. The fourth-order valence-electron chi connectivity index (χ4n) is 3.91. The van der Waals surface area contributed by atoms with Gasteiger partial charge in [-0.25, -0.2) is 0 Å². The number of benzene rings is 1. The van der Waals surface area contributed by atoms with Crippen LogP contribution in [0, 0.1) is 0 Å². The molecule has 3 heterocycles. The van der Waals surface area contributed by atoms with Crippen LogP contribution in [0.5, 0.6) is 0 Å². The van der Waals surface area contributed by atoms with Gasteiger partial charge in [-0.2, -0.15) is 0 Å². The van der Waals surface area contributed by atoms with Crippen molar-refractivity contribution in [2.45, 2.75) is 43.9 Å². The SMILES string of the molecule is CN1[C@@H]2CC[C@@H]1C1=C(C2)O[C@@H](c2ccccc2)CC1=O. The Hall–Kier alpha value is -1.61. The first-order chi connectivity index (χ1) is 9.74. The molecule has 0 aromatic heterocycles. The quantitative estimate of drug-likeness (QED) is 0.785. The maximum atomic E-state index is 12.6. The molecule has 0 saturated carbocycles. The highest BCUT2D eigenvalue weighted by Crippen LogP contribution is 2.44. The van der Waals surface area contributed by atoms with Crippen molar-refractivity contribution < 1.29 is 9.53 Å². The predicted molar refractivity (Wildman–Crippen MR) is 76.1 cm³/mol. The molecule has 0 amide bonds. The highest BCUT2D eigenvalue weighted by Gasteiger charge is 2.45. The molecule has 1 fully saturated rings. The van der Waals surface area contributed by atoms with Crippen molar-refractivity contribution in [2.24, 2.45) is 0 Å². The van der Waals surface area contributed by atoms with Crippen molar-refractivity contribution in [3.05, 3.63) is 47.2 Å². The minimum Gasteiger partial charge on any atom is -0.489 e. The number of ketones is 1. The number of hydrogen-bond donors (Lipinski definition) is 0. The van der Waals surface area contributed by atoms with E-state index in [1.165, 1.54) is 6.42 Å². The summed E-state index contributed by atoms with van der Waals surface area (Å²) in [6.45, 7) is 0. The van der Waals surface area contributed by atoms with E-state index in [0.29, 0.717) is 18.5 Å². The van der Waals surface area contributed by atoms with Gasteiger partial charge in [0.1, 0.15) is 11.9 Å². The van der Waals surface area contributed by atoms with E-state index < -0.39 is 0 Å². The van der Waals surface area contributed by atoms with Crippen molar-refractivity contribution >= 4 is 5.78 Å². The summed E-state index contributed by atoms with van der Waals surface area (Å²) in [4.78, 5) is 14.9. The minimum atomic E-state index is -0.0924. The molecule has 1 aromatic carbocycles. The second-order valence-electron chi connectivity index (χ2n) is 6.10. The van der Waals surface area contributed by atoms with Crippen molar-refractivity contribution in [2.75, 3.05) is 7.05 Å². The number of likely N-dealkylation sites (N-methyl/N-ethyl adjacent to an activating group) is 1. The first kappa shape index (κ1) is 12.2. The lowest BCUT2D eigenvalue weighted by atomic mass is 9.89. The lowest BCUT2D eigenvalue weighted by Crippen LogP contribution is -2.42. The van der Waals surface area contributed by atoms with Crippen molar-refractivity contribution in [3.8, 4) is 0 Å². The van der Waals surface area contributed by atoms with Crippen LogP contribution in [0.4, 0.5) is 0 Å². The molecule has 3 nitrogen and oxygen atoms in total. The van der Waals surface area contributed by atoms with E-state index >= 15 is 0 Å². The first-order valence-corrected chi connectivity index (χ1v) is 7.44. The summed E-state index contributed by atoms with van der Waals surface area (Å²) in [6.07, 6.45) is 3.58. The molecular weight excluding hydrogens is 250 g/mol. The Kier molecular flexibility index (Phi) is 2.71. The Morgan fingerprint density at radius 2 is 1.95 bits per heavy atom. The normalized spacial score (nSPS) is 33.0. The van der Waals surface area contributed by atoms with Gasteiger partial charge in [0.05, 0.1) is 12.0 Å². The van der Waals surface area contributed by atoms with Gasteiger partial charge in [0.15, 0.2) is 5.78 Å². The molecule has 104 valence electrons. The van der Waals surface area contributed by atoms with Crippen LogP contribution in [-0.2, 0) is 9.53 Å². The molecule has 0 unspecified atom stereocenters. The van der Waals surface area contributed by atoms with E-state index in [-0.39, 0.29) is 11.9 Å². The van der Waals surface area contributed by atoms with Crippen LogP contribution in [0.25, 0.3) is 0 Å². The van der Waals surface area contributed by atoms with E-state index in [4.69, 9.17) is 4.74 Å². The van der Waals surface area contributed by atoms with Crippen LogP contribution in [0.2, 0.25) is 0 Å². The van der Waals surface area contributed by atoms with Gasteiger partial charge >= 0.3 is 0 Å². The number of ether oxygens (including phenoxy) is 1. The van der Waals surface area contributed by atoms with Gasteiger partial charge in [0, 0.05) is 18.5 Å². The topological polar surface area (TPSA) is 29.5 Å². The first-order valence-electron chi connectivity index (χ1n) is 7.44. The number of nitrogens with zero attached hydrogens (tertiary/aromatic N) is 1. The number of rotatable bonds is 1. The fraction of sp³-hybridized carbons (Fsp3) is 0.471. The van der Waals surface area contributed by atoms with Crippen LogP contribution < -0.4 is 0 Å². The summed E-state index contributed by atoms with van der Waals surface area (Å²) >= 11 is 0. The molecule has 2 bridgehead atoms. The van der Waals surface area contributed by atoms with E-state index in [1.807, 2.05) is 30.3 Å². The zero-order valence-corrected chi connectivity index (χ0v) is 11.7. The van der Waals surface area contributed by atoms with Crippen molar-refractivity contribution in [3.63, 3.8) is 0 Å². The second kappa shape index (κ2) is 4.45. The molecule has 3 aliphatic rings. The molecular formula is C17H19NO2. The summed E-state index contributed by atoms with van der Waals surface area (Å²) in [7, 11) is 2.14. The molecule has 0 radical (unpaired) electrons.